The van der Waals surface area contributed by atoms with Crippen molar-refractivity contribution in [1.82, 2.24) is 5.32 Å². The van der Waals surface area contributed by atoms with Crippen LogP contribution in [0.15, 0.2) is 24.3 Å². The summed E-state index contributed by atoms with van der Waals surface area (Å²) in [4.78, 5) is 0. The molecule has 0 amide bonds. The van der Waals surface area contributed by atoms with Crippen molar-refractivity contribution in [1.29, 1.82) is 0 Å². The summed E-state index contributed by atoms with van der Waals surface area (Å²) >= 11 is 0. The molecule has 2 rings (SSSR count). The first-order valence-corrected chi connectivity index (χ1v) is 4.38. The molecule has 0 spiro atoms. The van der Waals surface area contributed by atoms with Crippen LogP contribution in [0.25, 0.3) is 0 Å². The van der Waals surface area contributed by atoms with Gasteiger partial charge in [0.1, 0.15) is 12.0 Å². The van der Waals surface area contributed by atoms with Crippen LogP contribution < -0.4 is 5.32 Å². The zero-order valence-electron chi connectivity index (χ0n) is 7.13. The van der Waals surface area contributed by atoms with Gasteiger partial charge in [-0.1, -0.05) is 12.1 Å². The van der Waals surface area contributed by atoms with Crippen LogP contribution in [0.4, 0.5) is 8.78 Å². The lowest BCUT2D eigenvalue weighted by Gasteiger charge is -2.09. The van der Waals surface area contributed by atoms with Crippen molar-refractivity contribution in [2.75, 3.05) is 6.54 Å². The molecule has 3 heteroatoms. The molecule has 70 valence electrons. The maximum atomic E-state index is 12.8. The number of hydrogen-bond acceptors (Lipinski definition) is 1. The Morgan fingerprint density at radius 1 is 1.38 bits per heavy atom. The molecule has 0 bridgehead atoms. The van der Waals surface area contributed by atoms with Crippen molar-refractivity contribution in [3.63, 3.8) is 0 Å². The highest BCUT2D eigenvalue weighted by molar-refractivity contribution is 5.21. The standard InChI is InChI=1S/C10H11F2N/c11-8-3-1-2-7(4-8)10-5-9(12)6-13-10/h1-4,9-10,13H,5-6H2. The maximum Gasteiger partial charge on any atom is 0.123 e. The zero-order chi connectivity index (χ0) is 9.26. The van der Waals surface area contributed by atoms with Gasteiger partial charge in [-0.15, -0.1) is 0 Å². The van der Waals surface area contributed by atoms with Gasteiger partial charge in [0.15, 0.2) is 0 Å². The van der Waals surface area contributed by atoms with E-state index < -0.39 is 6.17 Å². The molecule has 1 aliphatic heterocycles. The van der Waals surface area contributed by atoms with Crippen molar-refractivity contribution < 1.29 is 8.78 Å². The predicted molar refractivity (Wildman–Crippen MR) is 46.7 cm³/mol. The number of alkyl halides is 1. The summed E-state index contributed by atoms with van der Waals surface area (Å²) in [5.41, 5.74) is 0.833. The molecule has 1 saturated heterocycles. The lowest BCUT2D eigenvalue weighted by Crippen LogP contribution is -2.13. The van der Waals surface area contributed by atoms with Crippen molar-refractivity contribution in [3.8, 4) is 0 Å². The summed E-state index contributed by atoms with van der Waals surface area (Å²) in [5, 5.41) is 3.01. The molecule has 1 aromatic carbocycles. The second-order valence-electron chi connectivity index (χ2n) is 3.35. The zero-order valence-corrected chi connectivity index (χ0v) is 7.13. The molecular weight excluding hydrogens is 172 g/mol. The quantitative estimate of drug-likeness (QED) is 0.703. The van der Waals surface area contributed by atoms with Gasteiger partial charge in [0, 0.05) is 12.6 Å². The Bertz CT molecular complexity index is 301. The van der Waals surface area contributed by atoms with E-state index in [2.05, 4.69) is 5.32 Å². The second-order valence-corrected chi connectivity index (χ2v) is 3.35. The van der Waals surface area contributed by atoms with Gasteiger partial charge in [-0.25, -0.2) is 8.78 Å². The summed E-state index contributed by atoms with van der Waals surface area (Å²) in [6, 6.07) is 6.29. The molecule has 0 aromatic heterocycles. The highest BCUT2D eigenvalue weighted by Crippen LogP contribution is 2.25. The van der Waals surface area contributed by atoms with Crippen LogP contribution in [0.3, 0.4) is 0 Å². The largest absolute Gasteiger partial charge is 0.307 e. The van der Waals surface area contributed by atoms with Gasteiger partial charge in [-0.05, 0) is 24.1 Å². The van der Waals surface area contributed by atoms with Gasteiger partial charge < -0.3 is 5.32 Å². The van der Waals surface area contributed by atoms with E-state index in [1.807, 2.05) is 6.07 Å². The van der Waals surface area contributed by atoms with Gasteiger partial charge in [0.05, 0.1) is 0 Å². The van der Waals surface area contributed by atoms with E-state index >= 15 is 0 Å². The molecule has 2 atom stereocenters. The first kappa shape index (κ1) is 8.63. The molecule has 0 aliphatic carbocycles. The fourth-order valence-corrected chi connectivity index (χ4v) is 1.67. The SMILES string of the molecule is Fc1cccc(C2CC(F)CN2)c1. The van der Waals surface area contributed by atoms with E-state index in [1.165, 1.54) is 12.1 Å². The normalized spacial score (nSPS) is 27.8. The first-order chi connectivity index (χ1) is 6.25. The van der Waals surface area contributed by atoms with Crippen LogP contribution in [0.1, 0.15) is 18.0 Å². The van der Waals surface area contributed by atoms with Gasteiger partial charge in [-0.3, -0.25) is 0 Å². The molecule has 0 saturated carbocycles. The second kappa shape index (κ2) is 3.42. The van der Waals surface area contributed by atoms with Crippen molar-refractivity contribution in [2.24, 2.45) is 0 Å². The smallest absolute Gasteiger partial charge is 0.123 e. The number of benzene rings is 1. The van der Waals surface area contributed by atoms with Gasteiger partial charge >= 0.3 is 0 Å². The lowest BCUT2D eigenvalue weighted by molar-refractivity contribution is 0.356. The van der Waals surface area contributed by atoms with Gasteiger partial charge in [-0.2, -0.15) is 0 Å². The van der Waals surface area contributed by atoms with Crippen molar-refractivity contribution in [2.45, 2.75) is 18.6 Å². The fraction of sp³-hybridized carbons (Fsp3) is 0.400. The van der Waals surface area contributed by atoms with Gasteiger partial charge in [0.2, 0.25) is 0 Å². The van der Waals surface area contributed by atoms with Crippen LogP contribution in [0, 0.1) is 5.82 Å². The van der Waals surface area contributed by atoms with E-state index in [0.717, 1.165) is 5.56 Å². The first-order valence-electron chi connectivity index (χ1n) is 4.38. The Morgan fingerprint density at radius 2 is 2.23 bits per heavy atom. The Morgan fingerprint density at radius 3 is 2.85 bits per heavy atom. The number of nitrogens with one attached hydrogen (secondary N) is 1. The van der Waals surface area contributed by atoms with Gasteiger partial charge in [0.25, 0.3) is 0 Å². The van der Waals surface area contributed by atoms with Crippen LogP contribution in [-0.4, -0.2) is 12.7 Å². The average Bonchev–Trinajstić information content (AvgIpc) is 2.52. The molecule has 1 fully saturated rings. The van der Waals surface area contributed by atoms with Crippen LogP contribution >= 0.6 is 0 Å². The summed E-state index contributed by atoms with van der Waals surface area (Å²) in [6.07, 6.45) is -0.350. The number of halogens is 2. The molecule has 1 aromatic rings. The van der Waals surface area contributed by atoms with E-state index in [-0.39, 0.29) is 11.9 Å². The highest BCUT2D eigenvalue weighted by atomic mass is 19.1. The van der Waals surface area contributed by atoms with E-state index in [0.29, 0.717) is 13.0 Å². The predicted octanol–water partition coefficient (Wildman–Crippen LogP) is 2.20. The molecule has 1 nitrogen and oxygen atoms in total. The van der Waals surface area contributed by atoms with Crippen molar-refractivity contribution in [3.05, 3.63) is 35.6 Å². The van der Waals surface area contributed by atoms with Crippen molar-refractivity contribution >= 4 is 0 Å². The monoisotopic (exact) mass is 183 g/mol. The Labute approximate surface area is 75.8 Å². The van der Waals surface area contributed by atoms with E-state index in [9.17, 15) is 8.78 Å². The topological polar surface area (TPSA) is 12.0 Å². The number of rotatable bonds is 1. The Hall–Kier alpha value is -0.960. The van der Waals surface area contributed by atoms with E-state index in [4.69, 9.17) is 0 Å². The Kier molecular flexibility index (Phi) is 2.27. The minimum atomic E-state index is -0.798. The fourth-order valence-electron chi connectivity index (χ4n) is 1.67. The minimum Gasteiger partial charge on any atom is -0.307 e. The third kappa shape index (κ3) is 1.86. The Balaban J connectivity index is 2.16. The number of hydrogen-bond donors (Lipinski definition) is 1. The molecule has 1 N–H and O–H groups in total. The van der Waals surface area contributed by atoms with Crippen LogP contribution in [-0.2, 0) is 0 Å². The molecule has 1 heterocycles. The summed E-state index contributed by atoms with van der Waals surface area (Å²) in [6.45, 7) is 0.376. The molecule has 2 unspecified atom stereocenters. The summed E-state index contributed by atoms with van der Waals surface area (Å²) < 4.78 is 25.6. The lowest BCUT2D eigenvalue weighted by atomic mass is 10.1. The molecule has 13 heavy (non-hydrogen) atoms. The average molecular weight is 183 g/mol. The summed E-state index contributed by atoms with van der Waals surface area (Å²) in [7, 11) is 0. The molecule has 1 aliphatic rings. The van der Waals surface area contributed by atoms with Crippen LogP contribution in [0.2, 0.25) is 0 Å². The van der Waals surface area contributed by atoms with E-state index in [1.54, 1.807) is 6.07 Å². The highest BCUT2D eigenvalue weighted by Gasteiger charge is 2.24. The summed E-state index contributed by atoms with van der Waals surface area (Å²) in [5.74, 6) is -0.262. The third-order valence-corrected chi connectivity index (χ3v) is 2.33. The molecular formula is C10H11F2N. The minimum absolute atomic E-state index is 0.0225. The molecule has 0 radical (unpaired) electrons. The third-order valence-electron chi connectivity index (χ3n) is 2.33. The maximum absolute atomic E-state index is 12.8. The van der Waals surface area contributed by atoms with Crippen LogP contribution in [0.5, 0.6) is 0 Å².